The minimum atomic E-state index is -4.97. The smallest absolute Gasteiger partial charge is 0.462 e. The molecule has 0 rings (SSSR count). The molecule has 3 unspecified atom stereocenters. The van der Waals surface area contributed by atoms with Gasteiger partial charge in [-0.2, -0.15) is 0 Å². The van der Waals surface area contributed by atoms with Gasteiger partial charge in [-0.1, -0.05) is 361 Å². The average Bonchev–Trinajstić information content (AvgIpc) is 0.974. The molecular formula is C82H156O17P2. The number of allylic oxidation sites excluding steroid dienone is 4. The summed E-state index contributed by atoms with van der Waals surface area (Å²) in [6.07, 6.45) is 68.6. The van der Waals surface area contributed by atoms with Gasteiger partial charge in [0, 0.05) is 25.7 Å². The molecule has 101 heavy (non-hydrogen) atoms. The van der Waals surface area contributed by atoms with Gasteiger partial charge in [-0.05, 0) is 57.3 Å². The fourth-order valence-corrected chi connectivity index (χ4v) is 13.8. The number of carbonyl (C=O) groups excluding carboxylic acids is 4. The highest BCUT2D eigenvalue weighted by Gasteiger charge is 2.30. The van der Waals surface area contributed by atoms with Gasteiger partial charge in [0.15, 0.2) is 12.2 Å². The number of unbranched alkanes of at least 4 members (excludes halogenated alkanes) is 48. The Balaban J connectivity index is 5.29. The molecule has 0 spiro atoms. The van der Waals surface area contributed by atoms with E-state index in [-0.39, 0.29) is 25.7 Å². The number of esters is 4. The lowest BCUT2D eigenvalue weighted by molar-refractivity contribution is -0.161. The van der Waals surface area contributed by atoms with Gasteiger partial charge >= 0.3 is 39.5 Å². The number of rotatable bonds is 80. The molecule has 0 aromatic carbocycles. The second kappa shape index (κ2) is 74.4. The van der Waals surface area contributed by atoms with Crippen molar-refractivity contribution in [1.82, 2.24) is 0 Å². The summed E-state index contributed by atoms with van der Waals surface area (Å²) in [5.41, 5.74) is 0. The number of phosphoric acid groups is 2. The van der Waals surface area contributed by atoms with E-state index in [1.165, 1.54) is 218 Å². The lowest BCUT2D eigenvalue weighted by atomic mass is 9.99. The molecule has 0 fully saturated rings. The van der Waals surface area contributed by atoms with E-state index in [1.54, 1.807) is 0 Å². The molecule has 0 heterocycles. The van der Waals surface area contributed by atoms with Crippen LogP contribution >= 0.6 is 15.6 Å². The van der Waals surface area contributed by atoms with Crippen LogP contribution in [0.15, 0.2) is 24.3 Å². The lowest BCUT2D eigenvalue weighted by Gasteiger charge is -2.21. The third kappa shape index (κ3) is 74.2. The van der Waals surface area contributed by atoms with E-state index < -0.39 is 97.5 Å². The maximum Gasteiger partial charge on any atom is 0.472 e. The highest BCUT2D eigenvalue weighted by atomic mass is 31.2. The number of hydrogen-bond donors (Lipinski definition) is 3. The van der Waals surface area contributed by atoms with Gasteiger partial charge < -0.3 is 33.8 Å². The third-order valence-corrected chi connectivity index (χ3v) is 20.9. The number of ether oxygens (including phenoxy) is 4. The molecule has 0 aromatic heterocycles. The van der Waals surface area contributed by atoms with E-state index in [0.717, 1.165) is 115 Å². The quantitative estimate of drug-likeness (QED) is 0.0169. The van der Waals surface area contributed by atoms with E-state index in [9.17, 15) is 43.2 Å². The first-order valence-corrected chi connectivity index (χ1v) is 45.0. The SMILES string of the molecule is CCCCCC/C=C\C=C/CCCCCCCC(=O)OC[C@H](COP(=O)(O)OC[C@@H](O)COP(=O)(O)OC[C@@H](COC(=O)CCCCCCCCCCCCCCC)OC(=O)CCCCCCCCCCCCC(C)CC)OC(=O)CCCCCCCCCCCCCCCCCCCCC. The molecule has 0 saturated heterocycles. The Hall–Kier alpha value is -2.46. The first kappa shape index (κ1) is 98.5. The molecule has 0 aliphatic carbocycles. The normalized spacial score (nSPS) is 14.3. The Kier molecular flexibility index (Phi) is 72.6. The first-order chi connectivity index (χ1) is 49.1. The Bertz CT molecular complexity index is 2020. The van der Waals surface area contributed by atoms with E-state index in [1.807, 2.05) is 0 Å². The lowest BCUT2D eigenvalue weighted by Crippen LogP contribution is -2.30. The van der Waals surface area contributed by atoms with Gasteiger partial charge in [0.05, 0.1) is 26.4 Å². The minimum Gasteiger partial charge on any atom is -0.462 e. The number of aliphatic hydroxyl groups excluding tert-OH is 1. The average molecular weight is 1480 g/mol. The van der Waals surface area contributed by atoms with Crippen LogP contribution in [-0.4, -0.2) is 96.7 Å². The third-order valence-electron chi connectivity index (χ3n) is 19.0. The van der Waals surface area contributed by atoms with Crippen molar-refractivity contribution >= 4 is 39.5 Å². The standard InChI is InChI=1S/C82H156O17P2/c1-6-10-13-16-19-22-25-28-30-31-32-33-35-38-41-47-52-57-62-67-81(86)98-77(71-93-80(85)66-61-56-51-46-40-37-34-29-26-23-20-17-14-11-7-2)73-96-100(88,89)94-69-76(83)70-95-101(90,91)97-74-78(72-92-79(84)65-60-55-50-45-39-36-27-24-21-18-15-12-8-3)99-82(87)68-63-58-53-48-43-42-44-49-54-59-64-75(5)9-4/h23,26,29,34,75-78,83H,6-22,24-25,27-28,30-33,35-74H2,1-5H3,(H,88,89)(H,90,91)/b26-23-,34-29-/t75?,76-,77-,78-/m1/s1. The van der Waals surface area contributed by atoms with Gasteiger partial charge in [-0.3, -0.25) is 37.3 Å². The van der Waals surface area contributed by atoms with Gasteiger partial charge in [-0.15, -0.1) is 0 Å². The first-order valence-electron chi connectivity index (χ1n) is 42.0. The van der Waals surface area contributed by atoms with Crippen molar-refractivity contribution in [3.8, 4) is 0 Å². The fraction of sp³-hybridized carbons (Fsp3) is 0.902. The summed E-state index contributed by atoms with van der Waals surface area (Å²) in [6, 6.07) is 0. The summed E-state index contributed by atoms with van der Waals surface area (Å²) in [6.45, 7) is 7.30. The number of phosphoric ester groups is 2. The highest BCUT2D eigenvalue weighted by Crippen LogP contribution is 2.45. The summed E-state index contributed by atoms with van der Waals surface area (Å²) in [4.78, 5) is 73.1. The van der Waals surface area contributed by atoms with E-state index in [2.05, 4.69) is 58.9 Å². The van der Waals surface area contributed by atoms with Crippen LogP contribution in [0.1, 0.15) is 413 Å². The number of hydrogen-bond acceptors (Lipinski definition) is 15. The van der Waals surface area contributed by atoms with Crippen LogP contribution in [0.2, 0.25) is 0 Å². The second-order valence-electron chi connectivity index (χ2n) is 29.1. The summed E-state index contributed by atoms with van der Waals surface area (Å²) < 4.78 is 68.7. The van der Waals surface area contributed by atoms with E-state index in [4.69, 9.17) is 37.0 Å². The van der Waals surface area contributed by atoms with E-state index >= 15 is 0 Å². The predicted molar refractivity (Wildman–Crippen MR) is 414 cm³/mol. The van der Waals surface area contributed by atoms with Crippen LogP contribution in [0.25, 0.3) is 0 Å². The van der Waals surface area contributed by atoms with Crippen LogP contribution in [0.5, 0.6) is 0 Å². The van der Waals surface area contributed by atoms with E-state index in [0.29, 0.717) is 25.7 Å². The molecular weight excluding hydrogens is 1320 g/mol. The molecule has 0 saturated carbocycles. The Morgan fingerprint density at radius 2 is 0.554 bits per heavy atom. The molecule has 6 atom stereocenters. The molecule has 0 aliphatic rings. The molecule has 3 N–H and O–H groups in total. The van der Waals surface area contributed by atoms with Crippen LogP contribution in [0.3, 0.4) is 0 Å². The zero-order valence-electron chi connectivity index (χ0n) is 65.5. The van der Waals surface area contributed by atoms with Crippen LogP contribution in [0.4, 0.5) is 0 Å². The predicted octanol–water partition coefficient (Wildman–Crippen LogP) is 24.4. The van der Waals surface area contributed by atoms with Crippen molar-refractivity contribution in [2.45, 2.75) is 432 Å². The van der Waals surface area contributed by atoms with Crippen molar-refractivity contribution in [3.63, 3.8) is 0 Å². The minimum absolute atomic E-state index is 0.102. The molecule has 0 bridgehead atoms. The zero-order valence-corrected chi connectivity index (χ0v) is 67.3. The van der Waals surface area contributed by atoms with Crippen molar-refractivity contribution in [2.75, 3.05) is 39.6 Å². The Morgan fingerprint density at radius 1 is 0.317 bits per heavy atom. The summed E-state index contributed by atoms with van der Waals surface area (Å²) in [5, 5.41) is 10.6. The van der Waals surface area contributed by atoms with Gasteiger partial charge in [0.25, 0.3) is 0 Å². The summed E-state index contributed by atoms with van der Waals surface area (Å²) in [5.74, 6) is -1.33. The molecule has 0 amide bonds. The van der Waals surface area contributed by atoms with Crippen molar-refractivity contribution in [2.24, 2.45) is 5.92 Å². The zero-order chi connectivity index (χ0) is 74.1. The number of carbonyl (C=O) groups is 4. The Morgan fingerprint density at radius 3 is 0.842 bits per heavy atom. The molecule has 0 aliphatic heterocycles. The highest BCUT2D eigenvalue weighted by molar-refractivity contribution is 7.47. The monoisotopic (exact) mass is 1480 g/mol. The van der Waals surface area contributed by atoms with Crippen LogP contribution in [-0.2, 0) is 65.4 Å². The Labute approximate surface area is 618 Å². The number of aliphatic hydroxyl groups is 1. The molecule has 596 valence electrons. The van der Waals surface area contributed by atoms with Crippen molar-refractivity contribution in [3.05, 3.63) is 24.3 Å². The van der Waals surface area contributed by atoms with Crippen molar-refractivity contribution in [1.29, 1.82) is 0 Å². The molecule has 0 radical (unpaired) electrons. The second-order valence-corrected chi connectivity index (χ2v) is 32.0. The largest absolute Gasteiger partial charge is 0.472 e. The van der Waals surface area contributed by atoms with Crippen molar-refractivity contribution < 1.29 is 80.2 Å². The summed E-state index contributed by atoms with van der Waals surface area (Å²) in [7, 11) is -9.93. The van der Waals surface area contributed by atoms with Crippen LogP contribution < -0.4 is 0 Å². The maximum atomic E-state index is 13.1. The molecule has 17 nitrogen and oxygen atoms in total. The van der Waals surface area contributed by atoms with Gasteiger partial charge in [-0.25, -0.2) is 9.13 Å². The molecule has 19 heteroatoms. The maximum absolute atomic E-state index is 13.1. The summed E-state index contributed by atoms with van der Waals surface area (Å²) >= 11 is 0. The van der Waals surface area contributed by atoms with Crippen LogP contribution in [0, 0.1) is 5.92 Å². The fourth-order valence-electron chi connectivity index (χ4n) is 12.2. The van der Waals surface area contributed by atoms with Gasteiger partial charge in [0.2, 0.25) is 0 Å². The topological polar surface area (TPSA) is 237 Å². The van der Waals surface area contributed by atoms with Gasteiger partial charge in [0.1, 0.15) is 19.3 Å². The molecule has 0 aromatic rings.